The summed E-state index contributed by atoms with van der Waals surface area (Å²) >= 11 is 0. The number of rotatable bonds is 1. The number of carbonyl (C=O) groups excluding carboxylic acids is 2. The maximum atomic E-state index is 11.3. The van der Waals surface area contributed by atoms with E-state index in [1.807, 2.05) is 0 Å². The minimum Gasteiger partial charge on any atom is -0.469 e. The minimum absolute atomic E-state index is 0. The molecule has 0 saturated carbocycles. The molecular formula is C10H16ClNO3. The molecule has 0 amide bonds. The van der Waals surface area contributed by atoms with Gasteiger partial charge in [0.15, 0.2) is 0 Å². The standard InChI is InChI=1S/C10H15NO3.ClH/c1-14-10(13)6-2-7-4-9(12)5-8(3-6)11-7;/h6-8,11H,2-5H2,1H3;1H. The number of piperidine rings is 2. The van der Waals surface area contributed by atoms with E-state index in [0.29, 0.717) is 18.6 Å². The Labute approximate surface area is 95.2 Å². The lowest BCUT2D eigenvalue weighted by atomic mass is 9.80. The van der Waals surface area contributed by atoms with Crippen LogP contribution in [0.5, 0.6) is 0 Å². The third-order valence-electron chi connectivity index (χ3n) is 3.09. The quantitative estimate of drug-likeness (QED) is 0.677. The van der Waals surface area contributed by atoms with Crippen molar-refractivity contribution in [2.45, 2.75) is 37.8 Å². The Morgan fingerprint density at radius 2 is 1.87 bits per heavy atom. The summed E-state index contributed by atoms with van der Waals surface area (Å²) in [5, 5.41) is 3.36. The van der Waals surface area contributed by atoms with Gasteiger partial charge in [-0.3, -0.25) is 9.59 Å². The molecule has 0 spiro atoms. The van der Waals surface area contributed by atoms with Gasteiger partial charge in [-0.2, -0.15) is 0 Å². The van der Waals surface area contributed by atoms with Gasteiger partial charge in [0.05, 0.1) is 13.0 Å². The number of carbonyl (C=O) groups is 2. The number of ether oxygens (including phenoxy) is 1. The van der Waals surface area contributed by atoms with Gasteiger partial charge in [0.25, 0.3) is 0 Å². The monoisotopic (exact) mass is 233 g/mol. The van der Waals surface area contributed by atoms with Crippen molar-refractivity contribution in [3.8, 4) is 0 Å². The van der Waals surface area contributed by atoms with Gasteiger partial charge in [-0.15, -0.1) is 12.4 Å². The van der Waals surface area contributed by atoms with Gasteiger partial charge in [0.2, 0.25) is 0 Å². The zero-order valence-corrected chi connectivity index (χ0v) is 9.51. The molecule has 2 unspecified atom stereocenters. The number of fused-ring (bicyclic) bond motifs is 2. The van der Waals surface area contributed by atoms with Gasteiger partial charge in [0.1, 0.15) is 5.78 Å². The van der Waals surface area contributed by atoms with Crippen molar-refractivity contribution < 1.29 is 14.3 Å². The first-order chi connectivity index (χ1) is 6.69. The Balaban J connectivity index is 0.00000112. The molecule has 0 aromatic carbocycles. The third-order valence-corrected chi connectivity index (χ3v) is 3.09. The largest absolute Gasteiger partial charge is 0.469 e. The van der Waals surface area contributed by atoms with Crippen LogP contribution in [0, 0.1) is 5.92 Å². The molecule has 86 valence electrons. The maximum absolute atomic E-state index is 11.3. The number of hydrogen-bond acceptors (Lipinski definition) is 4. The molecule has 15 heavy (non-hydrogen) atoms. The summed E-state index contributed by atoms with van der Waals surface area (Å²) < 4.78 is 4.73. The van der Waals surface area contributed by atoms with Crippen LogP contribution in [-0.2, 0) is 14.3 Å². The summed E-state index contributed by atoms with van der Waals surface area (Å²) in [6.45, 7) is 0. The van der Waals surface area contributed by atoms with E-state index in [9.17, 15) is 9.59 Å². The Morgan fingerprint density at radius 1 is 1.33 bits per heavy atom. The highest BCUT2D eigenvalue weighted by Crippen LogP contribution is 2.28. The Hall–Kier alpha value is -0.610. The number of esters is 1. The predicted octanol–water partition coefficient (Wildman–Crippen LogP) is 0.681. The van der Waals surface area contributed by atoms with Crippen molar-refractivity contribution in [1.29, 1.82) is 0 Å². The smallest absolute Gasteiger partial charge is 0.308 e. The first-order valence-corrected chi connectivity index (χ1v) is 5.04. The fourth-order valence-electron chi connectivity index (χ4n) is 2.53. The molecule has 0 aromatic heterocycles. The summed E-state index contributed by atoms with van der Waals surface area (Å²) in [5.74, 6) is 0.183. The maximum Gasteiger partial charge on any atom is 0.308 e. The summed E-state index contributed by atoms with van der Waals surface area (Å²) in [5.41, 5.74) is 0. The molecular weight excluding hydrogens is 218 g/mol. The molecule has 2 atom stereocenters. The number of methoxy groups -OCH3 is 1. The zero-order chi connectivity index (χ0) is 10.1. The van der Waals surface area contributed by atoms with Crippen molar-refractivity contribution in [3.05, 3.63) is 0 Å². The van der Waals surface area contributed by atoms with Crippen LogP contribution < -0.4 is 5.32 Å². The van der Waals surface area contributed by atoms with Crippen LogP contribution in [0.25, 0.3) is 0 Å². The fourth-order valence-corrected chi connectivity index (χ4v) is 2.53. The second kappa shape index (κ2) is 4.94. The Bertz CT molecular complexity index is 253. The van der Waals surface area contributed by atoms with Crippen LogP contribution in [0.4, 0.5) is 0 Å². The lowest BCUT2D eigenvalue weighted by Crippen LogP contribution is -2.52. The van der Waals surface area contributed by atoms with Crippen LogP contribution in [0.3, 0.4) is 0 Å². The summed E-state index contributed by atoms with van der Waals surface area (Å²) in [6.07, 6.45) is 2.64. The second-order valence-electron chi connectivity index (χ2n) is 4.20. The highest BCUT2D eigenvalue weighted by Gasteiger charge is 2.37. The minimum atomic E-state index is -0.129. The number of nitrogens with one attached hydrogen (secondary N) is 1. The van der Waals surface area contributed by atoms with Crippen LogP contribution in [-0.4, -0.2) is 30.9 Å². The molecule has 0 aliphatic carbocycles. The highest BCUT2D eigenvalue weighted by molar-refractivity contribution is 5.85. The van der Waals surface area contributed by atoms with Crippen LogP contribution in [0.2, 0.25) is 0 Å². The van der Waals surface area contributed by atoms with Crippen LogP contribution in [0.15, 0.2) is 0 Å². The zero-order valence-electron chi connectivity index (χ0n) is 8.69. The summed E-state index contributed by atoms with van der Waals surface area (Å²) in [4.78, 5) is 22.6. The third kappa shape index (κ3) is 2.69. The van der Waals surface area contributed by atoms with Crippen molar-refractivity contribution in [2.24, 2.45) is 5.92 Å². The first-order valence-electron chi connectivity index (χ1n) is 5.04. The molecule has 2 aliphatic heterocycles. The Morgan fingerprint density at radius 3 is 2.33 bits per heavy atom. The van der Waals surface area contributed by atoms with Gasteiger partial charge in [-0.05, 0) is 12.8 Å². The molecule has 2 fully saturated rings. The summed E-state index contributed by atoms with van der Waals surface area (Å²) in [6, 6.07) is 0.387. The van der Waals surface area contributed by atoms with E-state index in [2.05, 4.69) is 5.32 Å². The molecule has 0 radical (unpaired) electrons. The van der Waals surface area contributed by atoms with E-state index in [0.717, 1.165) is 12.8 Å². The lowest BCUT2D eigenvalue weighted by Gasteiger charge is -2.38. The topological polar surface area (TPSA) is 55.4 Å². The second-order valence-corrected chi connectivity index (χ2v) is 4.20. The molecule has 5 heteroatoms. The molecule has 2 saturated heterocycles. The first kappa shape index (κ1) is 12.5. The molecule has 0 aromatic rings. The van der Waals surface area contributed by atoms with Crippen molar-refractivity contribution in [2.75, 3.05) is 7.11 Å². The normalized spacial score (nSPS) is 34.2. The molecule has 2 heterocycles. The van der Waals surface area contributed by atoms with Crippen molar-refractivity contribution in [1.82, 2.24) is 5.32 Å². The number of hydrogen-bond donors (Lipinski definition) is 1. The number of halogens is 1. The van der Waals surface area contributed by atoms with Gasteiger partial charge in [-0.1, -0.05) is 0 Å². The molecule has 2 bridgehead atoms. The predicted molar refractivity (Wildman–Crippen MR) is 56.9 cm³/mol. The molecule has 2 rings (SSSR count). The number of Topliss-reactive ketones (excluding diaryl/α,β-unsaturated/α-hetero) is 1. The number of ketones is 1. The van der Waals surface area contributed by atoms with Gasteiger partial charge in [-0.25, -0.2) is 0 Å². The van der Waals surface area contributed by atoms with E-state index in [-0.39, 0.29) is 36.4 Å². The molecule has 2 aliphatic rings. The summed E-state index contributed by atoms with van der Waals surface area (Å²) in [7, 11) is 1.42. The van der Waals surface area contributed by atoms with E-state index >= 15 is 0 Å². The lowest BCUT2D eigenvalue weighted by molar-refractivity contribution is -0.148. The molecule has 4 nitrogen and oxygen atoms in total. The van der Waals surface area contributed by atoms with Gasteiger partial charge >= 0.3 is 5.97 Å². The van der Waals surface area contributed by atoms with Crippen molar-refractivity contribution >= 4 is 24.2 Å². The van der Waals surface area contributed by atoms with Crippen molar-refractivity contribution in [3.63, 3.8) is 0 Å². The van der Waals surface area contributed by atoms with E-state index in [1.54, 1.807) is 0 Å². The van der Waals surface area contributed by atoms with Crippen LogP contribution in [0.1, 0.15) is 25.7 Å². The van der Waals surface area contributed by atoms with Crippen LogP contribution >= 0.6 is 12.4 Å². The van der Waals surface area contributed by atoms with E-state index < -0.39 is 0 Å². The fraction of sp³-hybridized carbons (Fsp3) is 0.800. The average Bonchev–Trinajstić information content (AvgIpc) is 2.14. The molecule has 1 N–H and O–H groups in total. The van der Waals surface area contributed by atoms with Gasteiger partial charge < -0.3 is 10.1 Å². The van der Waals surface area contributed by atoms with E-state index in [4.69, 9.17) is 4.74 Å². The van der Waals surface area contributed by atoms with E-state index in [1.165, 1.54) is 7.11 Å². The highest BCUT2D eigenvalue weighted by atomic mass is 35.5. The Kier molecular flexibility index (Phi) is 4.11. The van der Waals surface area contributed by atoms with Gasteiger partial charge in [0, 0.05) is 24.9 Å². The SMILES string of the molecule is COC(=O)C1CC2CC(=O)CC(C1)N2.Cl. The average molecular weight is 234 g/mol.